The highest BCUT2D eigenvalue weighted by Gasteiger charge is 2.09. The number of benzene rings is 2. The Kier molecular flexibility index (Phi) is 4.07. The van der Waals surface area contributed by atoms with Crippen LogP contribution in [0.4, 0.5) is 0 Å². The molecule has 0 aliphatic heterocycles. The summed E-state index contributed by atoms with van der Waals surface area (Å²) in [7, 11) is 0. The van der Waals surface area contributed by atoms with E-state index in [-0.39, 0.29) is 0 Å². The zero-order chi connectivity index (χ0) is 14.7. The Morgan fingerprint density at radius 3 is 2.62 bits per heavy atom. The third-order valence-corrected chi connectivity index (χ3v) is 3.59. The summed E-state index contributed by atoms with van der Waals surface area (Å²) < 4.78 is 5.96. The second kappa shape index (κ2) is 6.15. The van der Waals surface area contributed by atoms with Crippen molar-refractivity contribution in [2.24, 2.45) is 0 Å². The number of hydrogen-bond acceptors (Lipinski definition) is 2. The summed E-state index contributed by atoms with van der Waals surface area (Å²) >= 11 is 6.38. The monoisotopic (exact) mass is 297 g/mol. The van der Waals surface area contributed by atoms with Crippen molar-refractivity contribution >= 4 is 22.5 Å². The molecule has 0 atom stereocenters. The molecule has 106 valence electrons. The van der Waals surface area contributed by atoms with Crippen molar-refractivity contribution in [3.8, 4) is 11.5 Å². The van der Waals surface area contributed by atoms with Crippen LogP contribution in [-0.4, -0.2) is 4.98 Å². The highest BCUT2D eigenvalue weighted by molar-refractivity contribution is 6.35. The van der Waals surface area contributed by atoms with Crippen LogP contribution >= 0.6 is 11.6 Å². The smallest absolute Gasteiger partial charge is 0.153 e. The van der Waals surface area contributed by atoms with Gasteiger partial charge in [0.25, 0.3) is 0 Å². The summed E-state index contributed by atoms with van der Waals surface area (Å²) in [6.45, 7) is 2.13. The Bertz CT molecular complexity index is 756. The molecule has 21 heavy (non-hydrogen) atoms. The van der Waals surface area contributed by atoms with Gasteiger partial charge in [-0.1, -0.05) is 55.3 Å². The number of ether oxygens (including phenoxy) is 1. The van der Waals surface area contributed by atoms with Crippen molar-refractivity contribution in [1.82, 2.24) is 4.98 Å². The fraction of sp³-hybridized carbons (Fsp3) is 0.167. The summed E-state index contributed by atoms with van der Waals surface area (Å²) in [6.07, 6.45) is 1.95. The van der Waals surface area contributed by atoms with Crippen molar-refractivity contribution in [2.75, 3.05) is 0 Å². The fourth-order valence-electron chi connectivity index (χ4n) is 2.31. The van der Waals surface area contributed by atoms with Crippen LogP contribution in [0.25, 0.3) is 10.9 Å². The number of halogens is 1. The first-order chi connectivity index (χ1) is 10.3. The first-order valence-electron chi connectivity index (χ1n) is 7.09. The van der Waals surface area contributed by atoms with E-state index in [4.69, 9.17) is 21.3 Å². The Morgan fingerprint density at radius 1 is 1.05 bits per heavy atom. The van der Waals surface area contributed by atoms with Crippen molar-refractivity contribution in [3.63, 3.8) is 0 Å². The minimum atomic E-state index is 0.724. The zero-order valence-electron chi connectivity index (χ0n) is 11.8. The van der Waals surface area contributed by atoms with Gasteiger partial charge in [-0.05, 0) is 30.7 Å². The Balaban J connectivity index is 2.09. The average molecular weight is 298 g/mol. The van der Waals surface area contributed by atoms with Gasteiger partial charge in [0.1, 0.15) is 11.3 Å². The van der Waals surface area contributed by atoms with Gasteiger partial charge in [0.15, 0.2) is 5.75 Å². The maximum atomic E-state index is 6.38. The van der Waals surface area contributed by atoms with E-state index in [9.17, 15) is 0 Å². The quantitative estimate of drug-likeness (QED) is 0.622. The Hall–Kier alpha value is -2.06. The van der Waals surface area contributed by atoms with E-state index in [2.05, 4.69) is 6.92 Å². The van der Waals surface area contributed by atoms with Crippen molar-refractivity contribution in [3.05, 3.63) is 65.3 Å². The molecule has 3 heteroatoms. The van der Waals surface area contributed by atoms with E-state index in [0.29, 0.717) is 0 Å². The Labute approximate surface area is 129 Å². The largest absolute Gasteiger partial charge is 0.455 e. The molecule has 0 fully saturated rings. The molecule has 0 saturated carbocycles. The molecule has 3 aromatic rings. The molecule has 2 aromatic carbocycles. The number of nitrogens with zero attached hydrogens (tertiary/aromatic N) is 1. The highest BCUT2D eigenvalue weighted by atomic mass is 35.5. The summed E-state index contributed by atoms with van der Waals surface area (Å²) in [5, 5.41) is 1.65. The minimum Gasteiger partial charge on any atom is -0.455 e. The molecule has 0 amide bonds. The first-order valence-corrected chi connectivity index (χ1v) is 7.47. The van der Waals surface area contributed by atoms with Crippen LogP contribution in [0.2, 0.25) is 5.02 Å². The van der Waals surface area contributed by atoms with E-state index in [1.807, 2.05) is 54.6 Å². The van der Waals surface area contributed by atoms with Crippen LogP contribution in [0.5, 0.6) is 11.5 Å². The summed E-state index contributed by atoms with van der Waals surface area (Å²) in [4.78, 5) is 4.71. The maximum Gasteiger partial charge on any atom is 0.153 e. The summed E-state index contributed by atoms with van der Waals surface area (Å²) in [6, 6.07) is 17.5. The second-order valence-corrected chi connectivity index (χ2v) is 5.32. The van der Waals surface area contributed by atoms with Crippen LogP contribution in [0, 0.1) is 0 Å². The zero-order valence-corrected chi connectivity index (χ0v) is 12.6. The van der Waals surface area contributed by atoms with E-state index in [1.54, 1.807) is 0 Å². The van der Waals surface area contributed by atoms with Gasteiger partial charge in [-0.25, -0.2) is 4.98 Å². The molecule has 0 bridgehead atoms. The molecule has 2 nitrogen and oxygen atoms in total. The molecular weight excluding hydrogens is 282 g/mol. The lowest BCUT2D eigenvalue weighted by Gasteiger charge is -2.10. The fourth-order valence-corrected chi connectivity index (χ4v) is 2.59. The lowest BCUT2D eigenvalue weighted by Crippen LogP contribution is -1.93. The van der Waals surface area contributed by atoms with Gasteiger partial charge >= 0.3 is 0 Å². The van der Waals surface area contributed by atoms with Crippen LogP contribution < -0.4 is 4.74 Å². The van der Waals surface area contributed by atoms with Crippen molar-refractivity contribution in [1.29, 1.82) is 0 Å². The first kappa shape index (κ1) is 13.9. The van der Waals surface area contributed by atoms with E-state index in [0.717, 1.165) is 46.0 Å². The normalized spacial score (nSPS) is 10.8. The van der Waals surface area contributed by atoms with Crippen molar-refractivity contribution < 1.29 is 4.74 Å². The molecule has 0 unspecified atom stereocenters. The van der Waals surface area contributed by atoms with Crippen LogP contribution in [0.15, 0.2) is 54.6 Å². The molecule has 0 spiro atoms. The van der Waals surface area contributed by atoms with E-state index < -0.39 is 0 Å². The molecule has 0 radical (unpaired) electrons. The molecular formula is C18H16ClNO. The highest BCUT2D eigenvalue weighted by Crippen LogP contribution is 2.32. The van der Waals surface area contributed by atoms with E-state index in [1.165, 1.54) is 0 Å². The molecule has 0 saturated heterocycles. The van der Waals surface area contributed by atoms with Crippen molar-refractivity contribution in [2.45, 2.75) is 19.8 Å². The van der Waals surface area contributed by atoms with Crippen LogP contribution in [0.1, 0.15) is 19.0 Å². The molecule has 3 rings (SSSR count). The maximum absolute atomic E-state index is 6.38. The predicted molar refractivity (Wildman–Crippen MR) is 87.3 cm³/mol. The van der Waals surface area contributed by atoms with Crippen LogP contribution in [-0.2, 0) is 6.42 Å². The number of pyridine rings is 1. The van der Waals surface area contributed by atoms with Crippen LogP contribution in [0.3, 0.4) is 0 Å². The number of fused-ring (bicyclic) bond motifs is 1. The topological polar surface area (TPSA) is 22.1 Å². The molecule has 0 aliphatic carbocycles. The number of rotatable bonds is 4. The Morgan fingerprint density at radius 2 is 1.86 bits per heavy atom. The third kappa shape index (κ3) is 3.01. The van der Waals surface area contributed by atoms with E-state index >= 15 is 0 Å². The summed E-state index contributed by atoms with van der Waals surface area (Å²) in [5.74, 6) is 1.53. The number of aryl methyl sites for hydroxylation is 1. The SMILES string of the molecule is CCCc1cc(Cl)c2cccc(Oc3ccccc3)c2n1. The van der Waals surface area contributed by atoms with Gasteiger partial charge in [0, 0.05) is 11.1 Å². The molecule has 1 heterocycles. The van der Waals surface area contributed by atoms with Gasteiger partial charge in [-0.3, -0.25) is 0 Å². The second-order valence-electron chi connectivity index (χ2n) is 4.91. The van der Waals surface area contributed by atoms with Gasteiger partial charge in [-0.15, -0.1) is 0 Å². The molecule has 0 aliphatic rings. The predicted octanol–water partition coefficient (Wildman–Crippen LogP) is 5.63. The minimum absolute atomic E-state index is 0.724. The number of hydrogen-bond donors (Lipinski definition) is 0. The van der Waals surface area contributed by atoms with Gasteiger partial charge in [-0.2, -0.15) is 0 Å². The average Bonchev–Trinajstić information content (AvgIpc) is 2.50. The third-order valence-electron chi connectivity index (χ3n) is 3.28. The lowest BCUT2D eigenvalue weighted by molar-refractivity contribution is 0.487. The number of aromatic nitrogens is 1. The standard InChI is InChI=1S/C18H16ClNO/c1-2-7-13-12-16(19)15-10-6-11-17(18(15)20-13)21-14-8-4-3-5-9-14/h3-6,8-12H,2,7H2,1H3. The van der Waals surface area contributed by atoms with Gasteiger partial charge in [0.2, 0.25) is 0 Å². The van der Waals surface area contributed by atoms with Gasteiger partial charge in [0.05, 0.1) is 5.02 Å². The summed E-state index contributed by atoms with van der Waals surface area (Å²) in [5.41, 5.74) is 1.82. The lowest BCUT2D eigenvalue weighted by atomic mass is 10.1. The molecule has 0 N–H and O–H groups in total. The molecule has 1 aromatic heterocycles. The van der Waals surface area contributed by atoms with Gasteiger partial charge < -0.3 is 4.74 Å². The number of para-hydroxylation sites is 2.